The van der Waals surface area contributed by atoms with Gasteiger partial charge in [-0.05, 0) is 59.7 Å². The average Bonchev–Trinajstić information content (AvgIpc) is 3.39. The summed E-state index contributed by atoms with van der Waals surface area (Å²) in [6, 6.07) is 42.5. The van der Waals surface area contributed by atoms with Crippen molar-refractivity contribution >= 4 is 44.1 Å². The van der Waals surface area contributed by atoms with Gasteiger partial charge in [-0.2, -0.15) is 0 Å². The molecule has 1 aliphatic heterocycles. The number of fused-ring (bicyclic) bond motifs is 4. The number of nitrogens with two attached hydrogens (primary N) is 1. The number of pyridine rings is 1. The van der Waals surface area contributed by atoms with Gasteiger partial charge in [-0.25, -0.2) is 4.98 Å². The van der Waals surface area contributed by atoms with E-state index in [2.05, 4.69) is 108 Å². The van der Waals surface area contributed by atoms with Crippen LogP contribution < -0.4 is 10.6 Å². The first-order valence-electron chi connectivity index (χ1n) is 14.4. The van der Waals surface area contributed by atoms with Gasteiger partial charge >= 0.3 is 0 Å². The number of nitrogens with zero attached hydrogens (tertiary/aromatic N) is 3. The smallest absolute Gasteiger partial charge is 0.0971 e. The number of hydrogen-bond acceptors (Lipinski definition) is 3. The van der Waals surface area contributed by atoms with Crippen LogP contribution in [0.15, 0.2) is 158 Å². The second-order valence-electron chi connectivity index (χ2n) is 10.8. The molecule has 1 aliphatic rings. The number of para-hydroxylation sites is 3. The predicted molar refractivity (Wildman–Crippen MR) is 181 cm³/mol. The molecular weight excluding hydrogens is 524 g/mol. The van der Waals surface area contributed by atoms with E-state index in [0.29, 0.717) is 5.69 Å². The monoisotopic (exact) mass is 552 g/mol. The molecule has 0 aliphatic carbocycles. The zero-order chi connectivity index (χ0) is 28.9. The zero-order valence-corrected chi connectivity index (χ0v) is 23.5. The lowest BCUT2D eigenvalue weighted by Gasteiger charge is -2.27. The van der Waals surface area contributed by atoms with Crippen molar-refractivity contribution in [2.75, 3.05) is 10.6 Å². The third kappa shape index (κ3) is 4.03. The molecule has 0 fully saturated rings. The lowest BCUT2D eigenvalue weighted by atomic mass is 9.99. The molecule has 8 rings (SSSR count). The molecule has 4 heteroatoms. The lowest BCUT2D eigenvalue weighted by Crippen LogP contribution is -2.18. The maximum absolute atomic E-state index is 6.83. The molecule has 2 aromatic heterocycles. The van der Waals surface area contributed by atoms with Gasteiger partial charge < -0.3 is 15.2 Å². The summed E-state index contributed by atoms with van der Waals surface area (Å²) in [6.07, 6.45) is 7.93. The van der Waals surface area contributed by atoms with Crippen LogP contribution in [0.2, 0.25) is 0 Å². The fourth-order valence-corrected chi connectivity index (χ4v) is 6.20. The highest BCUT2D eigenvalue weighted by molar-refractivity contribution is 6.10. The van der Waals surface area contributed by atoms with Crippen molar-refractivity contribution in [3.63, 3.8) is 0 Å². The van der Waals surface area contributed by atoms with Crippen molar-refractivity contribution in [1.29, 1.82) is 0 Å². The highest BCUT2D eigenvalue weighted by Crippen LogP contribution is 2.42. The Morgan fingerprint density at radius 3 is 2.09 bits per heavy atom. The third-order valence-corrected chi connectivity index (χ3v) is 8.27. The van der Waals surface area contributed by atoms with Crippen molar-refractivity contribution in [2.24, 2.45) is 0 Å². The summed E-state index contributed by atoms with van der Waals surface area (Å²) in [5.74, 6) is 0. The molecule has 0 amide bonds. The van der Waals surface area contributed by atoms with Crippen molar-refractivity contribution < 1.29 is 0 Å². The maximum Gasteiger partial charge on any atom is 0.0971 e. The fraction of sp³-hybridized carbons (Fsp3) is 0. The van der Waals surface area contributed by atoms with Gasteiger partial charge in [-0.1, -0.05) is 97.6 Å². The highest BCUT2D eigenvalue weighted by Gasteiger charge is 2.21. The number of allylic oxidation sites excluding steroid dienone is 3. The second-order valence-corrected chi connectivity index (χ2v) is 10.8. The Labute approximate surface area is 250 Å². The zero-order valence-electron chi connectivity index (χ0n) is 23.5. The fourth-order valence-electron chi connectivity index (χ4n) is 6.20. The number of anilines is 2. The molecule has 0 saturated carbocycles. The summed E-state index contributed by atoms with van der Waals surface area (Å²) in [5.41, 5.74) is 17.7. The van der Waals surface area contributed by atoms with Gasteiger partial charge in [0.1, 0.15) is 0 Å². The van der Waals surface area contributed by atoms with Crippen LogP contribution in [-0.2, 0) is 0 Å². The number of nitrogen functional groups attached to an aromatic ring is 1. The number of benzene rings is 5. The van der Waals surface area contributed by atoms with E-state index in [9.17, 15) is 0 Å². The first-order valence-corrected chi connectivity index (χ1v) is 14.4. The van der Waals surface area contributed by atoms with Crippen LogP contribution >= 0.6 is 0 Å². The van der Waals surface area contributed by atoms with Gasteiger partial charge in [0, 0.05) is 39.3 Å². The van der Waals surface area contributed by atoms with Gasteiger partial charge in [-0.15, -0.1) is 0 Å². The summed E-state index contributed by atoms with van der Waals surface area (Å²) in [4.78, 5) is 7.12. The van der Waals surface area contributed by atoms with E-state index in [1.807, 2.05) is 53.6 Å². The van der Waals surface area contributed by atoms with Gasteiger partial charge in [0.2, 0.25) is 0 Å². The molecule has 43 heavy (non-hydrogen) atoms. The minimum Gasteiger partial charge on any atom is -0.396 e. The first kappa shape index (κ1) is 24.9. The molecule has 0 unspecified atom stereocenters. The Morgan fingerprint density at radius 2 is 1.28 bits per heavy atom. The van der Waals surface area contributed by atoms with E-state index in [1.54, 1.807) is 0 Å². The number of rotatable bonds is 4. The highest BCUT2D eigenvalue weighted by atomic mass is 15.1. The molecule has 0 saturated heterocycles. The third-order valence-electron chi connectivity index (χ3n) is 8.27. The molecular formula is C39H28N4. The normalized spacial score (nSPS) is 13.0. The van der Waals surface area contributed by atoms with Crippen LogP contribution in [0.25, 0.3) is 60.8 Å². The number of hydrogen-bond donors (Lipinski definition) is 1. The predicted octanol–water partition coefficient (Wildman–Crippen LogP) is 9.65. The summed E-state index contributed by atoms with van der Waals surface area (Å²) < 4.78 is 2.34. The average molecular weight is 553 g/mol. The Kier molecular flexibility index (Phi) is 5.73. The molecule has 4 nitrogen and oxygen atoms in total. The van der Waals surface area contributed by atoms with E-state index in [-0.39, 0.29) is 0 Å². The van der Waals surface area contributed by atoms with Crippen molar-refractivity contribution in [3.05, 3.63) is 158 Å². The maximum atomic E-state index is 6.83. The molecule has 3 heterocycles. The van der Waals surface area contributed by atoms with E-state index in [4.69, 9.17) is 10.7 Å². The summed E-state index contributed by atoms with van der Waals surface area (Å²) in [7, 11) is 0. The molecule has 7 aromatic rings. The summed E-state index contributed by atoms with van der Waals surface area (Å²) in [6.45, 7) is 4.25. The second kappa shape index (κ2) is 9.89. The van der Waals surface area contributed by atoms with E-state index >= 15 is 0 Å². The molecule has 0 spiro atoms. The quantitative estimate of drug-likeness (QED) is 0.236. The molecule has 0 bridgehead atoms. The topological polar surface area (TPSA) is 47.1 Å². The van der Waals surface area contributed by atoms with Crippen LogP contribution in [0.1, 0.15) is 0 Å². The van der Waals surface area contributed by atoms with Gasteiger partial charge in [-0.3, -0.25) is 0 Å². The van der Waals surface area contributed by atoms with Crippen LogP contribution in [-0.4, -0.2) is 9.55 Å². The van der Waals surface area contributed by atoms with Crippen LogP contribution in [0, 0.1) is 0 Å². The summed E-state index contributed by atoms with van der Waals surface area (Å²) >= 11 is 0. The van der Waals surface area contributed by atoms with Crippen molar-refractivity contribution in [3.8, 4) is 28.1 Å². The Morgan fingerprint density at radius 1 is 0.605 bits per heavy atom. The molecule has 0 atom stereocenters. The molecule has 2 N–H and O–H groups in total. The van der Waals surface area contributed by atoms with Gasteiger partial charge in [0.15, 0.2) is 0 Å². The standard InChI is InChI=1S/C39H28N4/c1-26-11-9-10-24-42(26)39-37(40)32-15-5-7-16-34(32)41-38(39)28-20-18-27(19-21-28)29-22-23-36-33(25-29)31-14-6-8-17-35(31)43(36)30-12-3-2-4-13-30/h2-25H,1H2,(H2,40,41). The van der Waals surface area contributed by atoms with Gasteiger partial charge in [0.25, 0.3) is 0 Å². The van der Waals surface area contributed by atoms with E-state index in [1.165, 1.54) is 27.4 Å². The van der Waals surface area contributed by atoms with Crippen molar-refractivity contribution in [2.45, 2.75) is 0 Å². The largest absolute Gasteiger partial charge is 0.396 e. The molecule has 5 aromatic carbocycles. The van der Waals surface area contributed by atoms with Crippen molar-refractivity contribution in [1.82, 2.24) is 9.55 Å². The summed E-state index contributed by atoms with van der Waals surface area (Å²) in [5, 5.41) is 3.40. The molecule has 0 radical (unpaired) electrons. The Bertz CT molecular complexity index is 2250. The van der Waals surface area contributed by atoms with Crippen LogP contribution in [0.5, 0.6) is 0 Å². The van der Waals surface area contributed by atoms with Gasteiger partial charge in [0.05, 0.1) is 33.6 Å². The van der Waals surface area contributed by atoms with E-state index < -0.39 is 0 Å². The minimum atomic E-state index is 0.686. The number of aromatic nitrogens is 2. The minimum absolute atomic E-state index is 0.686. The van der Waals surface area contributed by atoms with Crippen LogP contribution in [0.3, 0.4) is 0 Å². The molecule has 204 valence electrons. The van der Waals surface area contributed by atoms with Crippen LogP contribution in [0.4, 0.5) is 11.4 Å². The first-order chi connectivity index (χ1) is 21.2. The SMILES string of the molecule is C=C1C=CC=CN1c1c(-c2ccc(-c3ccc4c(c3)c3ccccc3n4-c3ccccc3)cc2)nc2ccccc2c1N. The van der Waals surface area contributed by atoms with E-state index in [0.717, 1.165) is 44.8 Å². The Hall–Kier alpha value is -5.87. The lowest BCUT2D eigenvalue weighted by molar-refractivity contribution is 1.18. The Balaban J connectivity index is 1.25.